The average Bonchev–Trinajstić information content (AvgIpc) is 2.80. The zero-order valence-electron chi connectivity index (χ0n) is 11.0. The van der Waals surface area contributed by atoms with Crippen molar-refractivity contribution in [3.63, 3.8) is 0 Å². The Labute approximate surface area is 126 Å². The highest BCUT2D eigenvalue weighted by atomic mass is 35.5. The first-order chi connectivity index (χ1) is 9.56. The molecule has 0 saturated carbocycles. The van der Waals surface area contributed by atoms with Gasteiger partial charge in [-0.2, -0.15) is 0 Å². The van der Waals surface area contributed by atoms with Crippen molar-refractivity contribution in [2.45, 2.75) is 26.4 Å². The van der Waals surface area contributed by atoms with Crippen molar-refractivity contribution in [3.05, 3.63) is 39.6 Å². The van der Waals surface area contributed by atoms with Gasteiger partial charge in [-0.15, -0.1) is 0 Å². The highest BCUT2D eigenvalue weighted by molar-refractivity contribution is 6.39. The Hall–Kier alpha value is -1.52. The summed E-state index contributed by atoms with van der Waals surface area (Å²) < 4.78 is 10.2. The molecule has 2 rings (SSSR count). The molecule has 0 bridgehead atoms. The van der Waals surface area contributed by atoms with Gasteiger partial charge >= 0.3 is 0 Å². The largest absolute Gasteiger partial charge is 0.463 e. The molecule has 1 aromatic heterocycles. The number of rotatable bonds is 5. The molecule has 0 atom stereocenters. The summed E-state index contributed by atoms with van der Waals surface area (Å²) in [5.41, 5.74) is 1.77. The third kappa shape index (κ3) is 2.81. The highest BCUT2D eigenvalue weighted by Crippen LogP contribution is 2.38. The Balaban J connectivity index is 2.59. The molecule has 0 aliphatic heterocycles. The summed E-state index contributed by atoms with van der Waals surface area (Å²) in [5.74, 6) is 0.751. The number of aromatic nitrogens is 1. The van der Waals surface area contributed by atoms with Crippen molar-refractivity contribution in [3.8, 4) is 11.3 Å². The fraction of sp³-hybridized carbons (Fsp3) is 0.286. The van der Waals surface area contributed by atoms with Gasteiger partial charge in [0.1, 0.15) is 18.1 Å². The van der Waals surface area contributed by atoms with Gasteiger partial charge in [0.2, 0.25) is 0 Å². The number of hydrogen-bond donors (Lipinski definition) is 0. The Kier molecular flexibility index (Phi) is 4.68. The van der Waals surface area contributed by atoms with Crippen LogP contribution in [-0.2, 0) is 16.1 Å². The Morgan fingerprint density at radius 2 is 2.00 bits per heavy atom. The molecule has 0 saturated heterocycles. The van der Waals surface area contributed by atoms with Gasteiger partial charge in [0.05, 0.1) is 15.6 Å². The lowest BCUT2D eigenvalue weighted by Gasteiger charge is -2.07. The van der Waals surface area contributed by atoms with Crippen LogP contribution in [0.4, 0.5) is 0 Å². The van der Waals surface area contributed by atoms with Crippen molar-refractivity contribution >= 4 is 29.7 Å². The van der Waals surface area contributed by atoms with Gasteiger partial charge in [-0.05, 0) is 12.1 Å². The van der Waals surface area contributed by atoms with Crippen LogP contribution in [0.5, 0.6) is 0 Å². The smallest absolute Gasteiger partial charge is 0.293 e. The van der Waals surface area contributed by atoms with Gasteiger partial charge in [-0.25, -0.2) is 0 Å². The average molecular weight is 314 g/mol. The van der Waals surface area contributed by atoms with Gasteiger partial charge in [-0.1, -0.05) is 48.3 Å². The summed E-state index contributed by atoms with van der Waals surface area (Å²) in [6.45, 7) is 4.37. The number of carbonyl (C=O) groups is 1. The van der Waals surface area contributed by atoms with Gasteiger partial charge < -0.3 is 9.26 Å². The number of hydrogen-bond acceptors (Lipinski definition) is 4. The van der Waals surface area contributed by atoms with Crippen LogP contribution >= 0.6 is 23.2 Å². The van der Waals surface area contributed by atoms with Crippen LogP contribution in [0.15, 0.2) is 22.7 Å². The Morgan fingerprint density at radius 3 is 2.55 bits per heavy atom. The third-order valence-corrected chi connectivity index (χ3v) is 3.47. The standard InChI is InChI=1S/C14H13Cl2NO3/c1-8(2)14-9(6-19-7-18)13(17-20-14)12-10(15)4-3-5-11(12)16/h3-5,7-8H,6H2,1-2H3. The molecule has 0 N–H and O–H groups in total. The van der Waals surface area contributed by atoms with E-state index in [9.17, 15) is 4.79 Å². The number of nitrogens with zero attached hydrogens (tertiary/aromatic N) is 1. The van der Waals surface area contributed by atoms with E-state index in [0.717, 1.165) is 0 Å². The van der Waals surface area contributed by atoms with Gasteiger partial charge in [0, 0.05) is 11.5 Å². The number of carbonyl (C=O) groups excluding carboxylic acids is 1. The van der Waals surface area contributed by atoms with Crippen molar-refractivity contribution in [1.29, 1.82) is 0 Å². The molecule has 1 heterocycles. The van der Waals surface area contributed by atoms with Crippen LogP contribution in [0.25, 0.3) is 11.3 Å². The molecule has 20 heavy (non-hydrogen) atoms. The van der Waals surface area contributed by atoms with Gasteiger partial charge in [0.25, 0.3) is 6.47 Å². The van der Waals surface area contributed by atoms with E-state index in [1.54, 1.807) is 18.2 Å². The van der Waals surface area contributed by atoms with E-state index in [2.05, 4.69) is 5.16 Å². The molecule has 0 spiro atoms. The summed E-state index contributed by atoms with van der Waals surface area (Å²) in [6.07, 6.45) is 0. The third-order valence-electron chi connectivity index (χ3n) is 2.84. The zero-order valence-corrected chi connectivity index (χ0v) is 12.5. The summed E-state index contributed by atoms with van der Waals surface area (Å²) in [5, 5.41) is 4.97. The van der Waals surface area contributed by atoms with Crippen LogP contribution in [0.2, 0.25) is 10.0 Å². The second kappa shape index (κ2) is 6.29. The molecule has 0 aliphatic carbocycles. The SMILES string of the molecule is CC(C)c1onc(-c2c(Cl)cccc2Cl)c1COC=O. The predicted octanol–water partition coefficient (Wildman–Crippen LogP) is 4.44. The lowest BCUT2D eigenvalue weighted by molar-refractivity contribution is -0.129. The molecule has 1 aromatic carbocycles. The normalized spacial score (nSPS) is 10.8. The van der Waals surface area contributed by atoms with E-state index in [0.29, 0.717) is 39.1 Å². The maximum atomic E-state index is 10.4. The molecule has 106 valence electrons. The van der Waals surface area contributed by atoms with Crippen molar-refractivity contribution in [2.75, 3.05) is 0 Å². The Morgan fingerprint density at radius 1 is 1.35 bits per heavy atom. The second-order valence-electron chi connectivity index (χ2n) is 4.53. The van der Waals surface area contributed by atoms with Gasteiger partial charge in [0.15, 0.2) is 0 Å². The fourth-order valence-corrected chi connectivity index (χ4v) is 2.53. The number of benzene rings is 1. The zero-order chi connectivity index (χ0) is 14.7. The molecular weight excluding hydrogens is 301 g/mol. The topological polar surface area (TPSA) is 52.3 Å². The fourth-order valence-electron chi connectivity index (χ4n) is 1.95. The minimum Gasteiger partial charge on any atom is -0.463 e. The van der Waals surface area contributed by atoms with Crippen molar-refractivity contribution in [2.24, 2.45) is 0 Å². The van der Waals surface area contributed by atoms with E-state index in [1.165, 1.54) is 0 Å². The van der Waals surface area contributed by atoms with Crippen molar-refractivity contribution in [1.82, 2.24) is 5.16 Å². The van der Waals surface area contributed by atoms with Crippen LogP contribution in [0, 0.1) is 0 Å². The van der Waals surface area contributed by atoms with Crippen molar-refractivity contribution < 1.29 is 14.1 Å². The van der Waals surface area contributed by atoms with Crippen LogP contribution in [0.1, 0.15) is 31.1 Å². The number of halogens is 2. The molecule has 4 nitrogen and oxygen atoms in total. The monoisotopic (exact) mass is 313 g/mol. The summed E-state index contributed by atoms with van der Waals surface area (Å²) >= 11 is 12.4. The van der Waals surface area contributed by atoms with E-state index in [1.807, 2.05) is 13.8 Å². The molecule has 0 amide bonds. The molecule has 0 radical (unpaired) electrons. The summed E-state index contributed by atoms with van der Waals surface area (Å²) in [4.78, 5) is 10.4. The van der Waals surface area contributed by atoms with E-state index >= 15 is 0 Å². The van der Waals surface area contributed by atoms with E-state index in [4.69, 9.17) is 32.5 Å². The minimum absolute atomic E-state index is 0.0669. The van der Waals surface area contributed by atoms with Crippen LogP contribution in [-0.4, -0.2) is 11.6 Å². The Bertz CT molecular complexity index is 603. The van der Waals surface area contributed by atoms with E-state index in [-0.39, 0.29) is 12.5 Å². The van der Waals surface area contributed by atoms with Crippen LogP contribution < -0.4 is 0 Å². The molecule has 0 unspecified atom stereocenters. The summed E-state index contributed by atoms with van der Waals surface area (Å²) in [7, 11) is 0. The highest BCUT2D eigenvalue weighted by Gasteiger charge is 2.23. The minimum atomic E-state index is 0.0669. The maximum absolute atomic E-state index is 10.4. The van der Waals surface area contributed by atoms with E-state index < -0.39 is 0 Å². The maximum Gasteiger partial charge on any atom is 0.293 e. The first-order valence-corrected chi connectivity index (χ1v) is 6.80. The molecule has 6 heteroatoms. The number of ether oxygens (including phenoxy) is 1. The second-order valence-corrected chi connectivity index (χ2v) is 5.35. The quantitative estimate of drug-likeness (QED) is 0.765. The molecule has 2 aromatic rings. The lowest BCUT2D eigenvalue weighted by Crippen LogP contribution is -1.98. The van der Waals surface area contributed by atoms with Gasteiger partial charge in [-0.3, -0.25) is 4.79 Å². The molecule has 0 aliphatic rings. The molecular formula is C14H13Cl2NO3. The first-order valence-electron chi connectivity index (χ1n) is 6.04. The predicted molar refractivity (Wildman–Crippen MR) is 76.9 cm³/mol. The lowest BCUT2D eigenvalue weighted by atomic mass is 10.0. The first kappa shape index (κ1) is 14.9. The molecule has 0 fully saturated rings. The van der Waals surface area contributed by atoms with Crippen LogP contribution in [0.3, 0.4) is 0 Å². The summed E-state index contributed by atoms with van der Waals surface area (Å²) in [6, 6.07) is 5.19.